The summed E-state index contributed by atoms with van der Waals surface area (Å²) in [6.45, 7) is 2.00. The Labute approximate surface area is 225 Å². The zero-order valence-corrected chi connectivity index (χ0v) is 21.5. The topological polar surface area (TPSA) is 151 Å². The van der Waals surface area contributed by atoms with E-state index in [4.69, 9.17) is 5.10 Å². The summed E-state index contributed by atoms with van der Waals surface area (Å²) in [5, 5.41) is 12.5. The van der Waals surface area contributed by atoms with Crippen molar-refractivity contribution in [1.82, 2.24) is 35.0 Å². The highest BCUT2D eigenvalue weighted by Crippen LogP contribution is 2.53. The van der Waals surface area contributed by atoms with E-state index in [0.29, 0.717) is 51.9 Å². The Kier molecular flexibility index (Phi) is 5.10. The summed E-state index contributed by atoms with van der Waals surface area (Å²) >= 11 is 1.55. The van der Waals surface area contributed by atoms with E-state index >= 15 is 0 Å². The zero-order chi connectivity index (χ0) is 26.7. The number of benzene rings is 1. The van der Waals surface area contributed by atoms with Gasteiger partial charge in [-0.25, -0.2) is 15.0 Å². The van der Waals surface area contributed by atoms with Crippen molar-refractivity contribution in [3.05, 3.63) is 76.1 Å². The van der Waals surface area contributed by atoms with E-state index in [2.05, 4.69) is 30.6 Å². The molecule has 0 fully saturated rings. The molecule has 3 amide bonds. The Hall–Kier alpha value is -4.91. The molecule has 5 aromatic rings. The molecule has 12 nitrogen and oxygen atoms in total. The number of rotatable bonds is 5. The Morgan fingerprint density at radius 2 is 2.03 bits per heavy atom. The molecule has 1 spiro atoms. The fourth-order valence-corrected chi connectivity index (χ4v) is 6.26. The number of aromatic nitrogens is 6. The average Bonchev–Trinajstić information content (AvgIpc) is 3.72. The average molecular weight is 540 g/mol. The number of para-hydroxylation sites is 1. The standard InChI is InChI=1S/C26H21N9O3S/c1-14-20-23(35(33-14)24-21-22(29-12-28-21)30-13-31-24)32-18(36)9-26(20)16-6-2-3-7-17(16)34(25(26)38)11-19(37)27-10-15-5-4-8-39-15/h2-8,12-13H,9-11H2,1H3,(H,27,37)(H,32,36)(H,28,29,30,31)/t26-/m1/s1. The fourth-order valence-electron chi connectivity index (χ4n) is 5.62. The summed E-state index contributed by atoms with van der Waals surface area (Å²) in [7, 11) is 0. The summed E-state index contributed by atoms with van der Waals surface area (Å²) in [5.74, 6) is -0.235. The Morgan fingerprint density at radius 1 is 1.15 bits per heavy atom. The van der Waals surface area contributed by atoms with Crippen LogP contribution < -0.4 is 15.5 Å². The molecule has 2 aliphatic heterocycles. The fraction of sp³-hybridized carbons (Fsp3) is 0.192. The molecule has 4 aromatic heterocycles. The molecular formula is C26H21N9O3S. The van der Waals surface area contributed by atoms with Gasteiger partial charge < -0.3 is 20.5 Å². The van der Waals surface area contributed by atoms with E-state index in [-0.39, 0.29) is 30.7 Å². The molecule has 2 aliphatic rings. The number of nitrogens with one attached hydrogen (secondary N) is 3. The van der Waals surface area contributed by atoms with E-state index < -0.39 is 5.41 Å². The molecule has 7 rings (SSSR count). The van der Waals surface area contributed by atoms with Crippen LogP contribution in [0.5, 0.6) is 0 Å². The van der Waals surface area contributed by atoms with E-state index in [1.807, 2.05) is 35.7 Å². The summed E-state index contributed by atoms with van der Waals surface area (Å²) < 4.78 is 1.51. The number of fused-ring (bicyclic) bond motifs is 5. The minimum atomic E-state index is -1.34. The number of aromatic amines is 1. The molecule has 0 bridgehead atoms. The van der Waals surface area contributed by atoms with Gasteiger partial charge in [-0.1, -0.05) is 24.3 Å². The number of anilines is 2. The lowest BCUT2D eigenvalue weighted by Crippen LogP contribution is -2.49. The van der Waals surface area contributed by atoms with Gasteiger partial charge in [0.15, 0.2) is 11.5 Å². The van der Waals surface area contributed by atoms with Crippen LogP contribution in [0, 0.1) is 6.92 Å². The number of carbonyl (C=O) groups excluding carboxylic acids is 3. The van der Waals surface area contributed by atoms with Gasteiger partial charge in [-0.05, 0) is 30.0 Å². The Balaban J connectivity index is 1.34. The van der Waals surface area contributed by atoms with Crippen molar-refractivity contribution in [3.8, 4) is 5.82 Å². The predicted octanol–water partition coefficient (Wildman–Crippen LogP) is 2.20. The van der Waals surface area contributed by atoms with Gasteiger partial charge in [0.1, 0.15) is 29.6 Å². The van der Waals surface area contributed by atoms with Crippen molar-refractivity contribution >= 4 is 51.7 Å². The number of H-pyrrole nitrogens is 1. The smallest absolute Gasteiger partial charge is 0.243 e. The predicted molar refractivity (Wildman–Crippen MR) is 143 cm³/mol. The molecule has 13 heteroatoms. The van der Waals surface area contributed by atoms with Gasteiger partial charge in [-0.2, -0.15) is 9.78 Å². The third-order valence-corrected chi connectivity index (χ3v) is 8.06. The SMILES string of the molecule is Cc1nn(-c2ncnc3nc[nH]c23)c2c1[C@]1(CC(=O)N2)C(=O)N(CC(=O)NCc2cccs2)c2ccccc21. The maximum atomic E-state index is 14.4. The molecule has 1 aromatic carbocycles. The number of nitrogens with zero attached hydrogens (tertiary/aromatic N) is 6. The highest BCUT2D eigenvalue weighted by Gasteiger charge is 2.58. The summed E-state index contributed by atoms with van der Waals surface area (Å²) in [4.78, 5) is 58.8. The number of amides is 3. The van der Waals surface area contributed by atoms with Gasteiger partial charge in [0.2, 0.25) is 17.7 Å². The highest BCUT2D eigenvalue weighted by molar-refractivity contribution is 7.09. The van der Waals surface area contributed by atoms with E-state index in [9.17, 15) is 14.4 Å². The molecule has 3 N–H and O–H groups in total. The molecule has 6 heterocycles. The lowest BCUT2D eigenvalue weighted by molar-refractivity contribution is -0.128. The van der Waals surface area contributed by atoms with E-state index in [1.165, 1.54) is 22.2 Å². The van der Waals surface area contributed by atoms with Crippen LogP contribution in [0.15, 0.2) is 54.4 Å². The van der Waals surface area contributed by atoms with E-state index in [1.54, 1.807) is 24.3 Å². The number of hydrogen-bond donors (Lipinski definition) is 3. The maximum absolute atomic E-state index is 14.4. The quantitative estimate of drug-likeness (QED) is 0.310. The summed E-state index contributed by atoms with van der Waals surface area (Å²) in [6, 6.07) is 11.2. The maximum Gasteiger partial charge on any atom is 0.243 e. The van der Waals surface area contributed by atoms with Gasteiger partial charge in [0.25, 0.3) is 0 Å². The van der Waals surface area contributed by atoms with E-state index in [0.717, 1.165) is 4.88 Å². The lowest BCUT2D eigenvalue weighted by Gasteiger charge is -2.33. The van der Waals surface area contributed by atoms with Gasteiger partial charge in [-0.15, -0.1) is 11.3 Å². The molecule has 0 radical (unpaired) electrons. The van der Waals surface area contributed by atoms with Crippen LogP contribution in [0.2, 0.25) is 0 Å². The number of hydrogen-bond acceptors (Lipinski definition) is 8. The molecule has 0 unspecified atom stereocenters. The van der Waals surface area contributed by atoms with Gasteiger partial charge in [-0.3, -0.25) is 14.4 Å². The second-order valence-electron chi connectivity index (χ2n) is 9.41. The number of thiophene rings is 1. The molecule has 0 saturated carbocycles. The van der Waals surface area contributed by atoms with Crippen LogP contribution in [0.4, 0.5) is 11.5 Å². The van der Waals surface area contributed by atoms with Crippen LogP contribution >= 0.6 is 11.3 Å². The molecule has 0 aliphatic carbocycles. The van der Waals surface area contributed by atoms with Crippen molar-refractivity contribution in [1.29, 1.82) is 0 Å². The summed E-state index contributed by atoms with van der Waals surface area (Å²) in [6.07, 6.45) is 2.76. The monoisotopic (exact) mass is 539 g/mol. The molecule has 1 atom stereocenters. The van der Waals surface area contributed by atoms with Crippen LogP contribution in [0.3, 0.4) is 0 Å². The highest BCUT2D eigenvalue weighted by atomic mass is 32.1. The minimum absolute atomic E-state index is 0.112. The van der Waals surface area contributed by atoms with Crippen LogP contribution in [-0.4, -0.2) is 54.0 Å². The first kappa shape index (κ1) is 23.2. The van der Waals surface area contributed by atoms with Crippen molar-refractivity contribution in [2.75, 3.05) is 16.8 Å². The minimum Gasteiger partial charge on any atom is -0.350 e. The largest absolute Gasteiger partial charge is 0.350 e. The van der Waals surface area contributed by atoms with Gasteiger partial charge in [0.05, 0.1) is 18.6 Å². The first-order valence-corrected chi connectivity index (χ1v) is 13.1. The van der Waals surface area contributed by atoms with Crippen molar-refractivity contribution in [3.63, 3.8) is 0 Å². The Morgan fingerprint density at radius 3 is 2.87 bits per heavy atom. The molecule has 0 saturated heterocycles. The number of imidazole rings is 1. The third kappa shape index (κ3) is 3.39. The molecule has 194 valence electrons. The van der Waals surface area contributed by atoms with Crippen LogP contribution in [0.25, 0.3) is 17.0 Å². The van der Waals surface area contributed by atoms with Gasteiger partial charge >= 0.3 is 0 Å². The van der Waals surface area contributed by atoms with Gasteiger partial charge in [0, 0.05) is 22.5 Å². The normalized spacial score (nSPS) is 17.9. The number of aryl methyl sites for hydroxylation is 1. The van der Waals surface area contributed by atoms with Crippen LogP contribution in [0.1, 0.15) is 28.1 Å². The van der Waals surface area contributed by atoms with Crippen molar-refractivity contribution < 1.29 is 14.4 Å². The second-order valence-corrected chi connectivity index (χ2v) is 10.4. The molecule has 39 heavy (non-hydrogen) atoms. The van der Waals surface area contributed by atoms with Crippen LogP contribution in [-0.2, 0) is 26.3 Å². The first-order chi connectivity index (χ1) is 19.0. The van der Waals surface area contributed by atoms with Crippen molar-refractivity contribution in [2.24, 2.45) is 0 Å². The lowest BCUT2D eigenvalue weighted by atomic mass is 9.70. The Bertz CT molecular complexity index is 1790. The molecular weight excluding hydrogens is 518 g/mol. The second kappa shape index (κ2) is 8.56. The third-order valence-electron chi connectivity index (χ3n) is 7.18. The number of carbonyl (C=O) groups is 3. The summed E-state index contributed by atoms with van der Waals surface area (Å²) in [5.41, 5.74) is 2.04. The first-order valence-electron chi connectivity index (χ1n) is 12.2. The zero-order valence-electron chi connectivity index (χ0n) is 20.6. The van der Waals surface area contributed by atoms with Crippen molar-refractivity contribution in [2.45, 2.75) is 25.3 Å².